The van der Waals surface area contributed by atoms with Crippen molar-refractivity contribution in [1.29, 1.82) is 0 Å². The molecule has 4 N–H and O–H groups in total. The fraction of sp³-hybridized carbons (Fsp3) is 0.429. The minimum absolute atomic E-state index is 0.000211. The third-order valence-corrected chi connectivity index (χ3v) is 4.60. The molecule has 0 atom stereocenters. The van der Waals surface area contributed by atoms with Crippen molar-refractivity contribution in [2.45, 2.75) is 26.3 Å². The van der Waals surface area contributed by atoms with Crippen LogP contribution in [-0.4, -0.2) is 17.0 Å². The lowest BCUT2D eigenvalue weighted by Gasteiger charge is -2.43. The van der Waals surface area contributed by atoms with Gasteiger partial charge in [-0.25, -0.2) is 0 Å². The monoisotopic (exact) mass is 339 g/mol. The second-order valence-electron chi connectivity index (χ2n) is 5.35. The zero-order valence-corrected chi connectivity index (χ0v) is 12.9. The number of oxime groups is 1. The van der Waals surface area contributed by atoms with E-state index >= 15 is 0 Å². The van der Waals surface area contributed by atoms with Gasteiger partial charge in [-0.1, -0.05) is 46.2 Å². The zero-order valence-electron chi connectivity index (χ0n) is 11.3. The van der Waals surface area contributed by atoms with Gasteiger partial charge >= 0.3 is 0 Å². The Morgan fingerprint density at radius 1 is 1.55 bits per heavy atom. The number of nitrogens with two attached hydrogens (primary N) is 1. The molecule has 1 aromatic carbocycles. The summed E-state index contributed by atoms with van der Waals surface area (Å²) in [5.74, 6) is 0.228. The molecule has 108 valence electrons. The van der Waals surface area contributed by atoms with Crippen molar-refractivity contribution >= 4 is 27.7 Å². The second kappa shape index (κ2) is 5.83. The van der Waals surface area contributed by atoms with Gasteiger partial charge in [-0.15, -0.1) is 0 Å². The Hall–Kier alpha value is -1.56. The summed E-state index contributed by atoms with van der Waals surface area (Å²) in [7, 11) is 0. The molecule has 1 aliphatic rings. The maximum Gasteiger partial charge on any atom is 0.234 e. The number of hydrogen-bond acceptors (Lipinski definition) is 3. The highest BCUT2D eigenvalue weighted by Crippen LogP contribution is 2.45. The molecule has 1 aromatic rings. The number of amides is 1. The van der Waals surface area contributed by atoms with Crippen LogP contribution in [0.3, 0.4) is 0 Å². The number of benzene rings is 1. The molecule has 5 nitrogen and oxygen atoms in total. The topological polar surface area (TPSA) is 87.7 Å². The summed E-state index contributed by atoms with van der Waals surface area (Å²) in [6, 6.07) is 7.69. The molecule has 0 aromatic heterocycles. The van der Waals surface area contributed by atoms with Crippen LogP contribution in [0.2, 0.25) is 0 Å². The van der Waals surface area contributed by atoms with Crippen molar-refractivity contribution < 1.29 is 10.0 Å². The van der Waals surface area contributed by atoms with E-state index in [-0.39, 0.29) is 11.7 Å². The van der Waals surface area contributed by atoms with Crippen LogP contribution in [0.4, 0.5) is 0 Å². The number of carbonyl (C=O) groups excluding carboxylic acids is 1. The summed E-state index contributed by atoms with van der Waals surface area (Å²) < 4.78 is 0.945. The quantitative estimate of drug-likeness (QED) is 0.340. The van der Waals surface area contributed by atoms with E-state index in [0.29, 0.717) is 25.3 Å². The molecule has 0 saturated heterocycles. The van der Waals surface area contributed by atoms with Crippen LogP contribution in [0, 0.1) is 11.3 Å². The maximum absolute atomic E-state index is 12.4. The van der Waals surface area contributed by atoms with Crippen LogP contribution in [-0.2, 0) is 11.3 Å². The van der Waals surface area contributed by atoms with E-state index in [1.807, 2.05) is 31.2 Å². The first-order chi connectivity index (χ1) is 9.49. The molecule has 2 rings (SSSR count). The normalized spacial score (nSPS) is 25.9. The van der Waals surface area contributed by atoms with Crippen molar-refractivity contribution in [3.63, 3.8) is 0 Å². The number of nitrogens with one attached hydrogen (secondary N) is 1. The molecule has 0 heterocycles. The fourth-order valence-corrected chi connectivity index (χ4v) is 3.15. The average Bonchev–Trinajstić information content (AvgIpc) is 2.41. The first-order valence-electron chi connectivity index (χ1n) is 6.49. The Morgan fingerprint density at radius 2 is 2.20 bits per heavy atom. The Bertz CT molecular complexity index is 539. The van der Waals surface area contributed by atoms with Crippen LogP contribution in [0.25, 0.3) is 0 Å². The van der Waals surface area contributed by atoms with E-state index in [0.717, 1.165) is 10.0 Å². The fourth-order valence-electron chi connectivity index (χ4n) is 2.72. The molecular weight excluding hydrogens is 322 g/mol. The predicted molar refractivity (Wildman–Crippen MR) is 80.2 cm³/mol. The van der Waals surface area contributed by atoms with E-state index in [1.165, 1.54) is 0 Å². The van der Waals surface area contributed by atoms with Crippen molar-refractivity contribution in [2.75, 3.05) is 0 Å². The highest BCUT2D eigenvalue weighted by molar-refractivity contribution is 9.10. The van der Waals surface area contributed by atoms with Gasteiger partial charge in [0.05, 0.1) is 0 Å². The van der Waals surface area contributed by atoms with Gasteiger partial charge in [-0.05, 0) is 30.4 Å². The number of hydrogen-bond donors (Lipinski definition) is 3. The molecule has 0 unspecified atom stereocenters. The summed E-state index contributed by atoms with van der Waals surface area (Å²) in [4.78, 5) is 12.4. The minimum atomic E-state index is -0.852. The molecule has 0 radical (unpaired) electrons. The van der Waals surface area contributed by atoms with E-state index < -0.39 is 5.41 Å². The summed E-state index contributed by atoms with van der Waals surface area (Å²) in [5.41, 5.74) is 5.84. The molecule has 0 spiro atoms. The van der Waals surface area contributed by atoms with E-state index in [4.69, 9.17) is 10.9 Å². The lowest BCUT2D eigenvalue weighted by atomic mass is 9.61. The van der Waals surface area contributed by atoms with E-state index in [2.05, 4.69) is 26.4 Å². The third kappa shape index (κ3) is 2.65. The summed E-state index contributed by atoms with van der Waals surface area (Å²) in [6.07, 6.45) is 1.23. The minimum Gasteiger partial charge on any atom is -0.409 e. The first kappa shape index (κ1) is 14.8. The van der Waals surface area contributed by atoms with Gasteiger partial charge in [0.25, 0.3) is 0 Å². The van der Waals surface area contributed by atoms with Crippen LogP contribution in [0.5, 0.6) is 0 Å². The Morgan fingerprint density at radius 3 is 2.75 bits per heavy atom. The molecule has 20 heavy (non-hydrogen) atoms. The third-order valence-electron chi connectivity index (χ3n) is 3.82. The SMILES string of the molecule is CC1CC(C(=O)NCc2ccccc2Br)(/C(N)=N/O)C1. The summed E-state index contributed by atoms with van der Waals surface area (Å²) in [5, 5.41) is 14.8. The molecule has 1 fully saturated rings. The van der Waals surface area contributed by atoms with Crippen molar-refractivity contribution in [3.8, 4) is 0 Å². The summed E-state index contributed by atoms with van der Waals surface area (Å²) >= 11 is 3.44. The van der Waals surface area contributed by atoms with Crippen LogP contribution < -0.4 is 11.1 Å². The number of rotatable bonds is 4. The molecule has 0 bridgehead atoms. The smallest absolute Gasteiger partial charge is 0.234 e. The van der Waals surface area contributed by atoms with Gasteiger partial charge < -0.3 is 16.3 Å². The van der Waals surface area contributed by atoms with Crippen molar-refractivity contribution in [3.05, 3.63) is 34.3 Å². The molecule has 1 saturated carbocycles. The Balaban J connectivity index is 2.06. The predicted octanol–water partition coefficient (Wildman–Crippen LogP) is 2.23. The number of nitrogens with zero attached hydrogens (tertiary/aromatic N) is 1. The Labute approximate surface area is 126 Å². The van der Waals surface area contributed by atoms with Gasteiger partial charge in [0, 0.05) is 11.0 Å². The lowest BCUT2D eigenvalue weighted by Crippen LogP contribution is -2.56. The van der Waals surface area contributed by atoms with Gasteiger partial charge in [0.1, 0.15) is 5.41 Å². The van der Waals surface area contributed by atoms with Gasteiger partial charge in [-0.2, -0.15) is 0 Å². The van der Waals surface area contributed by atoms with Crippen molar-refractivity contribution in [1.82, 2.24) is 5.32 Å². The molecular formula is C14H18BrN3O2. The summed E-state index contributed by atoms with van der Waals surface area (Å²) in [6.45, 7) is 2.46. The Kier molecular flexibility index (Phi) is 4.32. The van der Waals surface area contributed by atoms with Gasteiger partial charge in [0.15, 0.2) is 5.84 Å². The van der Waals surface area contributed by atoms with E-state index in [9.17, 15) is 4.79 Å². The largest absolute Gasteiger partial charge is 0.409 e. The molecule has 0 aliphatic heterocycles. The number of halogens is 1. The maximum atomic E-state index is 12.4. The second-order valence-corrected chi connectivity index (χ2v) is 6.21. The zero-order chi connectivity index (χ0) is 14.8. The number of amidine groups is 1. The van der Waals surface area contributed by atoms with E-state index in [1.54, 1.807) is 0 Å². The van der Waals surface area contributed by atoms with Crippen molar-refractivity contribution in [2.24, 2.45) is 22.2 Å². The lowest BCUT2D eigenvalue weighted by molar-refractivity contribution is -0.133. The standard InChI is InChI=1S/C14H18BrN3O2/c1-9-6-14(7-9,12(16)18-20)13(19)17-8-10-4-2-3-5-11(10)15/h2-5,9,20H,6-8H2,1H3,(H2,16,18)(H,17,19). The number of carbonyl (C=O) groups is 1. The van der Waals surface area contributed by atoms with Gasteiger partial charge in [-0.3, -0.25) is 4.79 Å². The molecule has 1 amide bonds. The highest BCUT2D eigenvalue weighted by atomic mass is 79.9. The highest BCUT2D eigenvalue weighted by Gasteiger charge is 2.52. The molecule has 6 heteroatoms. The van der Waals surface area contributed by atoms with Gasteiger partial charge in [0.2, 0.25) is 5.91 Å². The van der Waals surface area contributed by atoms with Crippen LogP contribution >= 0.6 is 15.9 Å². The van der Waals surface area contributed by atoms with Crippen LogP contribution in [0.15, 0.2) is 33.9 Å². The first-order valence-corrected chi connectivity index (χ1v) is 7.28. The average molecular weight is 340 g/mol. The van der Waals surface area contributed by atoms with Crippen LogP contribution in [0.1, 0.15) is 25.3 Å². The molecule has 1 aliphatic carbocycles.